The highest BCUT2D eigenvalue weighted by molar-refractivity contribution is 6.28. The summed E-state index contributed by atoms with van der Waals surface area (Å²) in [5, 5.41) is 10.9. The molecule has 0 bridgehead atoms. The molecule has 8 heteroatoms. The zero-order chi connectivity index (χ0) is 13.1. The molecule has 0 saturated heterocycles. The van der Waals surface area contributed by atoms with Crippen molar-refractivity contribution in [3.63, 3.8) is 0 Å². The van der Waals surface area contributed by atoms with Crippen molar-refractivity contribution in [2.45, 2.75) is 19.9 Å². The maximum absolute atomic E-state index is 10.9. The molecule has 0 amide bonds. The molecule has 0 aliphatic rings. The van der Waals surface area contributed by atoms with Gasteiger partial charge in [-0.1, -0.05) is 0 Å². The molecule has 0 spiro atoms. The first-order chi connectivity index (χ1) is 8.61. The average Bonchev–Trinajstić information content (AvgIpc) is 2.76. The van der Waals surface area contributed by atoms with Crippen molar-refractivity contribution >= 4 is 17.3 Å². The molecule has 0 saturated carbocycles. The molecule has 0 aliphatic carbocycles. The molecular weight excluding hydrogens is 258 g/mol. The van der Waals surface area contributed by atoms with E-state index in [0.29, 0.717) is 5.82 Å². The highest BCUT2D eigenvalue weighted by atomic mass is 35.5. The van der Waals surface area contributed by atoms with Crippen LogP contribution in [0.2, 0.25) is 5.28 Å². The number of nitro groups is 1. The van der Waals surface area contributed by atoms with Crippen molar-refractivity contribution in [2.24, 2.45) is 0 Å². The number of rotatable bonds is 4. The van der Waals surface area contributed by atoms with E-state index in [9.17, 15) is 10.1 Å². The van der Waals surface area contributed by atoms with Crippen LogP contribution in [-0.2, 0) is 13.0 Å². The molecule has 0 aliphatic heterocycles. The minimum absolute atomic E-state index is 0.00907. The fraction of sp³-hybridized carbons (Fsp3) is 0.300. The fourth-order valence-electron chi connectivity index (χ4n) is 1.61. The van der Waals surface area contributed by atoms with E-state index >= 15 is 0 Å². The van der Waals surface area contributed by atoms with Gasteiger partial charge in [0.25, 0.3) is 0 Å². The summed E-state index contributed by atoms with van der Waals surface area (Å²) < 4.78 is 1.89. The molecule has 94 valence electrons. The van der Waals surface area contributed by atoms with Crippen molar-refractivity contribution in [1.82, 2.24) is 19.5 Å². The third kappa shape index (κ3) is 2.45. The number of imidazole rings is 1. The molecule has 7 nitrogen and oxygen atoms in total. The molecule has 0 N–H and O–H groups in total. The van der Waals surface area contributed by atoms with Gasteiger partial charge in [0.1, 0.15) is 17.7 Å². The van der Waals surface area contributed by atoms with Gasteiger partial charge in [-0.25, -0.2) is 15.0 Å². The molecule has 0 unspecified atom stereocenters. The van der Waals surface area contributed by atoms with Gasteiger partial charge < -0.3 is 4.57 Å². The molecule has 2 rings (SSSR count). The zero-order valence-electron chi connectivity index (χ0n) is 9.58. The molecule has 2 aromatic heterocycles. The number of nitrogens with zero attached hydrogens (tertiary/aromatic N) is 5. The van der Waals surface area contributed by atoms with Gasteiger partial charge >= 0.3 is 5.69 Å². The summed E-state index contributed by atoms with van der Waals surface area (Å²) in [6.45, 7) is 2.70. The van der Waals surface area contributed by atoms with Gasteiger partial charge in [0, 0.05) is 18.9 Å². The number of hydrogen-bond donors (Lipinski definition) is 0. The lowest BCUT2D eigenvalue weighted by atomic mass is 10.2. The maximum atomic E-state index is 10.9. The molecule has 0 atom stereocenters. The number of halogens is 1. The van der Waals surface area contributed by atoms with Gasteiger partial charge in [0.05, 0.1) is 11.3 Å². The van der Waals surface area contributed by atoms with E-state index in [1.165, 1.54) is 0 Å². The van der Waals surface area contributed by atoms with Crippen LogP contribution >= 0.6 is 11.6 Å². The highest BCUT2D eigenvalue weighted by Crippen LogP contribution is 2.19. The van der Waals surface area contributed by atoms with Gasteiger partial charge in [-0.15, -0.1) is 0 Å². The first kappa shape index (κ1) is 12.4. The summed E-state index contributed by atoms with van der Waals surface area (Å²) in [5.41, 5.74) is 0.117. The Morgan fingerprint density at radius 3 is 2.94 bits per heavy atom. The predicted octanol–water partition coefficient (Wildman–Crippen LogP) is 1.85. The lowest BCUT2D eigenvalue weighted by Crippen LogP contribution is -2.06. The Balaban J connectivity index is 2.39. The standard InChI is InChI=1S/C10H10ClN5O2/c1-2-15-4-3-12-9(15)5-7-8(16(17)18)6-13-10(11)14-7/h3-4,6H,2,5H2,1H3. The predicted molar refractivity (Wildman–Crippen MR) is 64.4 cm³/mol. The summed E-state index contributed by atoms with van der Waals surface area (Å²) >= 11 is 5.66. The van der Waals surface area contributed by atoms with E-state index in [-0.39, 0.29) is 23.1 Å². The Bertz CT molecular complexity index is 583. The lowest BCUT2D eigenvalue weighted by Gasteiger charge is -2.04. The van der Waals surface area contributed by atoms with E-state index in [0.717, 1.165) is 12.7 Å². The van der Waals surface area contributed by atoms with Crippen LogP contribution in [0.15, 0.2) is 18.6 Å². The van der Waals surface area contributed by atoms with E-state index in [1.54, 1.807) is 6.20 Å². The van der Waals surface area contributed by atoms with Gasteiger partial charge in [-0.05, 0) is 18.5 Å². The average molecular weight is 268 g/mol. The third-order valence-electron chi connectivity index (χ3n) is 2.48. The zero-order valence-corrected chi connectivity index (χ0v) is 10.3. The Morgan fingerprint density at radius 1 is 1.50 bits per heavy atom. The summed E-state index contributed by atoms with van der Waals surface area (Å²) in [5.74, 6) is 0.704. The van der Waals surface area contributed by atoms with Crippen molar-refractivity contribution < 1.29 is 4.92 Å². The Hall–Kier alpha value is -2.02. The van der Waals surface area contributed by atoms with E-state index in [4.69, 9.17) is 11.6 Å². The van der Waals surface area contributed by atoms with E-state index < -0.39 is 4.92 Å². The van der Waals surface area contributed by atoms with Crippen LogP contribution in [0.4, 0.5) is 5.69 Å². The number of hydrogen-bond acceptors (Lipinski definition) is 5. The van der Waals surface area contributed by atoms with Crippen LogP contribution < -0.4 is 0 Å². The smallest absolute Gasteiger partial charge is 0.309 e. The van der Waals surface area contributed by atoms with Crippen LogP contribution in [0.3, 0.4) is 0 Å². The SMILES string of the molecule is CCn1ccnc1Cc1nc(Cl)ncc1[N+](=O)[O-]. The van der Waals surface area contributed by atoms with E-state index in [1.807, 2.05) is 17.7 Å². The van der Waals surface area contributed by atoms with Crippen LogP contribution in [0.1, 0.15) is 18.4 Å². The monoisotopic (exact) mass is 267 g/mol. The first-order valence-corrected chi connectivity index (χ1v) is 5.65. The minimum Gasteiger partial charge on any atom is -0.335 e. The largest absolute Gasteiger partial charge is 0.335 e. The Labute approximate surface area is 108 Å². The topological polar surface area (TPSA) is 86.7 Å². The summed E-state index contributed by atoms with van der Waals surface area (Å²) in [4.78, 5) is 22.0. The van der Waals surface area contributed by atoms with Gasteiger partial charge in [-0.2, -0.15) is 0 Å². The normalized spacial score (nSPS) is 10.6. The third-order valence-corrected chi connectivity index (χ3v) is 2.66. The molecule has 2 heterocycles. The van der Waals surface area contributed by atoms with Crippen LogP contribution in [0, 0.1) is 10.1 Å². The summed E-state index contributed by atoms with van der Waals surface area (Å²) in [6, 6.07) is 0. The van der Waals surface area contributed by atoms with Gasteiger partial charge in [0.15, 0.2) is 0 Å². The van der Waals surface area contributed by atoms with Gasteiger partial charge in [-0.3, -0.25) is 10.1 Å². The minimum atomic E-state index is -0.523. The van der Waals surface area contributed by atoms with Crippen LogP contribution in [-0.4, -0.2) is 24.4 Å². The molecule has 2 aromatic rings. The molecule has 18 heavy (non-hydrogen) atoms. The van der Waals surface area contributed by atoms with Crippen LogP contribution in [0.5, 0.6) is 0 Å². The van der Waals surface area contributed by atoms with Crippen molar-refractivity contribution in [1.29, 1.82) is 0 Å². The van der Waals surface area contributed by atoms with Gasteiger partial charge in [0.2, 0.25) is 5.28 Å². The van der Waals surface area contributed by atoms with Crippen molar-refractivity contribution in [2.75, 3.05) is 0 Å². The van der Waals surface area contributed by atoms with E-state index in [2.05, 4.69) is 15.0 Å². The lowest BCUT2D eigenvalue weighted by molar-refractivity contribution is -0.386. The maximum Gasteiger partial charge on any atom is 0.309 e. The summed E-state index contributed by atoms with van der Waals surface area (Å²) in [7, 11) is 0. The second-order valence-electron chi connectivity index (χ2n) is 3.53. The molecule has 0 radical (unpaired) electrons. The quantitative estimate of drug-likeness (QED) is 0.479. The molecular formula is C10H10ClN5O2. The Morgan fingerprint density at radius 2 is 2.28 bits per heavy atom. The number of aryl methyl sites for hydroxylation is 1. The second kappa shape index (κ2) is 5.09. The highest BCUT2D eigenvalue weighted by Gasteiger charge is 2.18. The first-order valence-electron chi connectivity index (χ1n) is 5.27. The van der Waals surface area contributed by atoms with Crippen molar-refractivity contribution in [3.05, 3.63) is 45.5 Å². The Kier molecular flexibility index (Phi) is 3.52. The van der Waals surface area contributed by atoms with Crippen LogP contribution in [0.25, 0.3) is 0 Å². The molecule has 0 aromatic carbocycles. The summed E-state index contributed by atoms with van der Waals surface area (Å²) in [6.07, 6.45) is 4.82. The fourth-order valence-corrected chi connectivity index (χ4v) is 1.76. The second-order valence-corrected chi connectivity index (χ2v) is 3.87. The number of aromatic nitrogens is 4. The van der Waals surface area contributed by atoms with Crippen molar-refractivity contribution in [3.8, 4) is 0 Å². The molecule has 0 fully saturated rings.